The molecule has 0 bridgehead atoms. The number of anilines is 1. The first-order valence-electron chi connectivity index (χ1n) is 10.1. The van der Waals surface area contributed by atoms with Crippen LogP contribution in [0.1, 0.15) is 18.1 Å². The summed E-state index contributed by atoms with van der Waals surface area (Å²) in [5, 5.41) is 14.3. The molecule has 0 aliphatic heterocycles. The molecule has 0 heterocycles. The van der Waals surface area contributed by atoms with Gasteiger partial charge in [-0.2, -0.15) is 0 Å². The van der Waals surface area contributed by atoms with Gasteiger partial charge in [0.15, 0.2) is 6.61 Å². The number of hydrogen-bond donors (Lipinski definition) is 1. The quantitative estimate of drug-likeness (QED) is 0.263. The smallest absolute Gasteiger partial charge is 0.344 e. The van der Waals surface area contributed by atoms with Crippen LogP contribution in [0.25, 0.3) is 0 Å². The average Bonchev–Trinajstić information content (AvgIpc) is 2.78. The number of carbonyl (C=O) groups excluding carboxylic acids is 1. The van der Waals surface area contributed by atoms with Gasteiger partial charge in [0.1, 0.15) is 17.2 Å². The predicted octanol–water partition coefficient (Wildman–Crippen LogP) is 5.25. The molecule has 0 radical (unpaired) electrons. The summed E-state index contributed by atoms with van der Waals surface area (Å²) in [6.45, 7) is 4.12. The van der Waals surface area contributed by atoms with Crippen molar-refractivity contribution < 1.29 is 23.9 Å². The summed E-state index contributed by atoms with van der Waals surface area (Å²) in [7, 11) is 0. The summed E-state index contributed by atoms with van der Waals surface area (Å²) in [5.74, 6) is 1.29. The molecule has 0 saturated heterocycles. The summed E-state index contributed by atoms with van der Waals surface area (Å²) in [6, 6.07) is 19.5. The first kappa shape index (κ1) is 22.6. The number of rotatable bonds is 10. The van der Waals surface area contributed by atoms with Crippen LogP contribution < -0.4 is 14.8 Å². The highest BCUT2D eigenvalue weighted by atomic mass is 16.6. The number of hydrogen-bond acceptors (Lipinski definition) is 7. The second-order valence-corrected chi connectivity index (χ2v) is 6.87. The molecule has 166 valence electrons. The van der Waals surface area contributed by atoms with Crippen LogP contribution in [0.4, 0.5) is 11.4 Å². The van der Waals surface area contributed by atoms with Crippen molar-refractivity contribution in [2.45, 2.75) is 20.4 Å². The lowest BCUT2D eigenvalue weighted by Gasteiger charge is -2.11. The summed E-state index contributed by atoms with van der Waals surface area (Å²) in [5.41, 5.74) is 2.41. The van der Waals surface area contributed by atoms with Crippen LogP contribution >= 0.6 is 0 Å². The van der Waals surface area contributed by atoms with Crippen molar-refractivity contribution in [2.75, 3.05) is 18.5 Å². The van der Waals surface area contributed by atoms with E-state index in [1.54, 1.807) is 44.2 Å². The number of carbonyl (C=O) groups is 1. The van der Waals surface area contributed by atoms with Crippen LogP contribution in [0.5, 0.6) is 17.2 Å². The number of nitro groups is 1. The molecule has 32 heavy (non-hydrogen) atoms. The highest BCUT2D eigenvalue weighted by Gasteiger charge is 2.12. The fraction of sp³-hybridized carbons (Fsp3) is 0.208. The third-order valence-corrected chi connectivity index (χ3v) is 4.61. The maximum Gasteiger partial charge on any atom is 0.344 e. The zero-order chi connectivity index (χ0) is 22.9. The molecular formula is C24H24N2O6. The minimum atomic E-state index is -0.427. The lowest BCUT2D eigenvalue weighted by Crippen LogP contribution is -2.14. The minimum absolute atomic E-state index is 0.0900. The standard InChI is InChI=1S/C24H24N2O6/c1-3-30-24(27)16-31-20-6-4-7-21(14-20)32-19-12-10-18(11-13-19)15-25-22-8-5-9-23(17(22)2)26(28)29/h4-14,25H,3,15-16H2,1-2H3. The number of nitrogens with zero attached hydrogens (tertiary/aromatic N) is 1. The molecule has 0 unspecified atom stereocenters. The number of benzene rings is 3. The van der Waals surface area contributed by atoms with Crippen molar-refractivity contribution in [3.63, 3.8) is 0 Å². The third kappa shape index (κ3) is 6.21. The van der Waals surface area contributed by atoms with E-state index in [4.69, 9.17) is 14.2 Å². The van der Waals surface area contributed by atoms with E-state index in [-0.39, 0.29) is 17.2 Å². The highest BCUT2D eigenvalue weighted by molar-refractivity contribution is 5.71. The van der Waals surface area contributed by atoms with Crippen molar-refractivity contribution in [3.8, 4) is 17.2 Å². The Morgan fingerprint density at radius 2 is 1.72 bits per heavy atom. The Hall–Kier alpha value is -4.07. The van der Waals surface area contributed by atoms with Gasteiger partial charge in [0.05, 0.1) is 11.5 Å². The van der Waals surface area contributed by atoms with Crippen LogP contribution in [-0.2, 0) is 16.1 Å². The van der Waals surface area contributed by atoms with Gasteiger partial charge < -0.3 is 19.5 Å². The predicted molar refractivity (Wildman–Crippen MR) is 120 cm³/mol. The molecule has 0 amide bonds. The van der Waals surface area contributed by atoms with E-state index in [1.807, 2.05) is 30.3 Å². The molecule has 0 fully saturated rings. The SMILES string of the molecule is CCOC(=O)COc1cccc(Oc2ccc(CNc3cccc([N+](=O)[O-])c3C)cc2)c1. The van der Waals surface area contributed by atoms with E-state index in [1.165, 1.54) is 6.07 Å². The lowest BCUT2D eigenvalue weighted by molar-refractivity contribution is -0.385. The van der Waals surface area contributed by atoms with Crippen LogP contribution in [0, 0.1) is 17.0 Å². The molecule has 0 atom stereocenters. The Morgan fingerprint density at radius 3 is 2.44 bits per heavy atom. The van der Waals surface area contributed by atoms with Gasteiger partial charge in [-0.1, -0.05) is 24.3 Å². The molecular weight excluding hydrogens is 412 g/mol. The van der Waals surface area contributed by atoms with Crippen LogP contribution in [-0.4, -0.2) is 24.1 Å². The van der Waals surface area contributed by atoms with Crippen molar-refractivity contribution in [3.05, 3.63) is 88.0 Å². The van der Waals surface area contributed by atoms with Crippen molar-refractivity contribution in [2.24, 2.45) is 0 Å². The number of ether oxygens (including phenoxy) is 3. The average molecular weight is 436 g/mol. The van der Waals surface area contributed by atoms with Gasteiger partial charge in [-0.05, 0) is 49.7 Å². The van der Waals surface area contributed by atoms with Crippen molar-refractivity contribution >= 4 is 17.3 Å². The molecule has 3 aromatic carbocycles. The highest BCUT2D eigenvalue weighted by Crippen LogP contribution is 2.27. The molecule has 8 heteroatoms. The van der Waals surface area contributed by atoms with Crippen LogP contribution in [0.15, 0.2) is 66.7 Å². The second-order valence-electron chi connectivity index (χ2n) is 6.87. The molecule has 0 aromatic heterocycles. The number of esters is 1. The maximum absolute atomic E-state index is 11.4. The molecule has 1 N–H and O–H groups in total. The van der Waals surface area contributed by atoms with E-state index < -0.39 is 5.97 Å². The molecule has 8 nitrogen and oxygen atoms in total. The second kappa shape index (κ2) is 10.8. The fourth-order valence-corrected chi connectivity index (χ4v) is 2.99. The summed E-state index contributed by atoms with van der Waals surface area (Å²) in [4.78, 5) is 22.1. The van der Waals surface area contributed by atoms with Gasteiger partial charge in [0, 0.05) is 29.9 Å². The first-order chi connectivity index (χ1) is 15.5. The summed E-state index contributed by atoms with van der Waals surface area (Å²) in [6.07, 6.45) is 0. The van der Waals surface area contributed by atoms with Gasteiger partial charge in [-0.3, -0.25) is 10.1 Å². The normalized spacial score (nSPS) is 10.3. The Balaban J connectivity index is 1.57. The van der Waals surface area contributed by atoms with E-state index in [0.29, 0.717) is 36.0 Å². The van der Waals surface area contributed by atoms with Gasteiger partial charge in [-0.15, -0.1) is 0 Å². The third-order valence-electron chi connectivity index (χ3n) is 4.61. The number of nitrogens with one attached hydrogen (secondary N) is 1. The monoisotopic (exact) mass is 436 g/mol. The zero-order valence-electron chi connectivity index (χ0n) is 17.9. The van der Waals surface area contributed by atoms with Gasteiger partial charge in [0.25, 0.3) is 5.69 Å². The van der Waals surface area contributed by atoms with E-state index in [9.17, 15) is 14.9 Å². The van der Waals surface area contributed by atoms with Gasteiger partial charge in [0.2, 0.25) is 0 Å². The molecule has 0 spiro atoms. The van der Waals surface area contributed by atoms with E-state index in [2.05, 4.69) is 5.32 Å². The zero-order valence-corrected chi connectivity index (χ0v) is 17.9. The molecule has 3 rings (SSSR count). The Kier molecular flexibility index (Phi) is 7.64. The Labute approximate surface area is 185 Å². The van der Waals surface area contributed by atoms with Gasteiger partial charge in [-0.25, -0.2) is 4.79 Å². The summed E-state index contributed by atoms with van der Waals surface area (Å²) >= 11 is 0. The molecule has 3 aromatic rings. The van der Waals surface area contributed by atoms with Crippen molar-refractivity contribution in [1.29, 1.82) is 0 Å². The topological polar surface area (TPSA) is 99.9 Å². The Morgan fingerprint density at radius 1 is 1.00 bits per heavy atom. The van der Waals surface area contributed by atoms with E-state index >= 15 is 0 Å². The molecule has 0 aliphatic carbocycles. The number of nitro benzene ring substituents is 1. The first-order valence-corrected chi connectivity index (χ1v) is 10.1. The minimum Gasteiger partial charge on any atom is -0.482 e. The van der Waals surface area contributed by atoms with E-state index in [0.717, 1.165) is 11.3 Å². The largest absolute Gasteiger partial charge is 0.482 e. The molecule has 0 saturated carbocycles. The van der Waals surface area contributed by atoms with Gasteiger partial charge >= 0.3 is 5.97 Å². The maximum atomic E-state index is 11.4. The fourth-order valence-electron chi connectivity index (χ4n) is 2.99. The summed E-state index contributed by atoms with van der Waals surface area (Å²) < 4.78 is 16.1. The Bertz CT molecular complexity index is 1080. The molecule has 0 aliphatic rings. The van der Waals surface area contributed by atoms with Crippen molar-refractivity contribution in [1.82, 2.24) is 0 Å². The van der Waals surface area contributed by atoms with Crippen LogP contribution in [0.2, 0.25) is 0 Å². The van der Waals surface area contributed by atoms with Crippen LogP contribution in [0.3, 0.4) is 0 Å². The lowest BCUT2D eigenvalue weighted by atomic mass is 10.1.